The zero-order chi connectivity index (χ0) is 54.1. The molecule has 70 heavy (non-hydrogen) atoms. The predicted octanol–water partition coefficient (Wildman–Crippen LogP) is 7.90. The summed E-state index contributed by atoms with van der Waals surface area (Å²) in [6.07, 6.45) is 11.3. The molecule has 18 heteroatoms. The second kappa shape index (κ2) is 39.0. The first-order chi connectivity index (χ1) is 33.1. The Morgan fingerprint density at radius 2 is 1.46 bits per heavy atom. The van der Waals surface area contributed by atoms with Crippen LogP contribution in [0.1, 0.15) is 154 Å². The summed E-state index contributed by atoms with van der Waals surface area (Å²) in [5, 5.41) is 17.6. The number of hydrogen-bond acceptors (Lipinski definition) is 11. The van der Waals surface area contributed by atoms with Gasteiger partial charge < -0.3 is 45.2 Å². The molecule has 0 radical (unpaired) electrons. The van der Waals surface area contributed by atoms with Gasteiger partial charge in [-0.2, -0.15) is 0 Å². The molecule has 0 aromatic carbocycles. The lowest BCUT2D eigenvalue weighted by Crippen LogP contribution is -2.55. The number of rotatable bonds is 26. The van der Waals surface area contributed by atoms with Crippen LogP contribution in [0.5, 0.6) is 0 Å². The topological polar surface area (TPSA) is 204 Å². The third kappa shape index (κ3) is 25.2. The highest BCUT2D eigenvalue weighted by Crippen LogP contribution is 2.43. The monoisotopic (exact) mass is 1030 g/mol. The summed E-state index contributed by atoms with van der Waals surface area (Å²) in [4.78, 5) is 95.0. The van der Waals surface area contributed by atoms with Crippen molar-refractivity contribution < 1.29 is 48.1 Å². The number of hydrogen-bond donors (Lipinski definition) is 4. The fourth-order valence-electron chi connectivity index (χ4n) is 8.25. The molecule has 0 aromatic heterocycles. The zero-order valence-corrected chi connectivity index (χ0v) is 47.8. The van der Waals surface area contributed by atoms with Gasteiger partial charge in [-0.3, -0.25) is 33.6 Å². The Kier molecular flexibility index (Phi) is 38.1. The van der Waals surface area contributed by atoms with Crippen molar-refractivity contribution in [1.82, 2.24) is 30.7 Å². The van der Waals surface area contributed by atoms with Crippen LogP contribution in [-0.4, -0.2) is 157 Å². The quantitative estimate of drug-likeness (QED) is 0.0371. The molecule has 9 unspecified atom stereocenters. The van der Waals surface area contributed by atoms with Gasteiger partial charge >= 0.3 is 5.97 Å². The molecule has 16 nitrogen and oxygen atoms in total. The second-order valence-corrected chi connectivity index (χ2v) is 21.1. The van der Waals surface area contributed by atoms with Gasteiger partial charge in [0.1, 0.15) is 12.6 Å². The lowest BCUT2D eigenvalue weighted by atomic mass is 9.90. The van der Waals surface area contributed by atoms with E-state index in [4.69, 9.17) is 14.6 Å². The number of likely N-dealkylation sites (tertiary alicyclic amines) is 1. The van der Waals surface area contributed by atoms with Crippen LogP contribution in [-0.2, 0) is 43.0 Å². The number of ether oxygens (including phenoxy) is 2. The van der Waals surface area contributed by atoms with Crippen molar-refractivity contribution in [3.63, 3.8) is 0 Å². The molecule has 0 aliphatic carbocycles. The predicted molar refractivity (Wildman–Crippen MR) is 287 cm³/mol. The summed E-state index contributed by atoms with van der Waals surface area (Å²) in [5.74, 6) is -3.82. The second-order valence-electron chi connectivity index (χ2n) is 18.2. The van der Waals surface area contributed by atoms with Crippen LogP contribution < -0.4 is 16.0 Å². The Morgan fingerprint density at radius 3 is 1.94 bits per heavy atom. The Balaban J connectivity index is 0. The van der Waals surface area contributed by atoms with Gasteiger partial charge in [-0.05, 0) is 64.7 Å². The van der Waals surface area contributed by atoms with E-state index in [1.54, 1.807) is 47.5 Å². The molecule has 4 N–H and O–H groups in total. The number of methoxy groups -OCH3 is 2. The first kappa shape index (κ1) is 68.5. The highest BCUT2D eigenvalue weighted by Gasteiger charge is 2.42. The van der Waals surface area contributed by atoms with E-state index in [0.29, 0.717) is 44.0 Å². The van der Waals surface area contributed by atoms with Gasteiger partial charge in [0.2, 0.25) is 35.4 Å². The summed E-state index contributed by atoms with van der Waals surface area (Å²) in [5.41, 5.74) is 1.32. The number of likely N-dealkylation sites (N-methyl/N-ethyl adjacent to an activating group) is 2. The number of amides is 6. The van der Waals surface area contributed by atoms with E-state index in [1.165, 1.54) is 36.0 Å². The molecule has 2 saturated heterocycles. The highest BCUT2D eigenvalue weighted by molar-refractivity contribution is 8.77. The fraction of sp³-hybridized carbons (Fsp3) is 0.788. The van der Waals surface area contributed by atoms with Crippen LogP contribution in [0.25, 0.3) is 0 Å². The average molecular weight is 1030 g/mol. The van der Waals surface area contributed by atoms with E-state index in [-0.39, 0.29) is 60.1 Å². The zero-order valence-electron chi connectivity index (χ0n) is 46.2. The molecule has 0 spiro atoms. The summed E-state index contributed by atoms with van der Waals surface area (Å²) in [6.45, 7) is 26.0. The average Bonchev–Trinajstić information content (AvgIpc) is 4.01. The molecular formula is C52H96N6O10S2. The van der Waals surface area contributed by atoms with Crippen LogP contribution >= 0.6 is 21.6 Å². The molecule has 2 rings (SSSR count). The molecule has 2 fully saturated rings. The molecule has 2 aliphatic rings. The molecule has 0 saturated carbocycles. The van der Waals surface area contributed by atoms with E-state index >= 15 is 0 Å². The SMILES string of the molecule is C/C=C\C(C)=C/C.CC.CCC.CCC(C)C(C(CC(=O)N1CCCC1C(OC)C(C)C(=O)NCC(=O)O)OC)N(C)C(=O)CNC(=O)C(C(C)C)N(C)C(=O)CCCCCNC(=O)C1CC(C)SS1. The van der Waals surface area contributed by atoms with Crippen LogP contribution in [0, 0.1) is 17.8 Å². The van der Waals surface area contributed by atoms with Gasteiger partial charge in [-0.25, -0.2) is 0 Å². The number of carboxylic acids is 1. The number of carbonyl (C=O) groups is 7. The number of nitrogens with zero attached hydrogens (tertiary/aromatic N) is 3. The smallest absolute Gasteiger partial charge is 0.322 e. The van der Waals surface area contributed by atoms with E-state index in [1.807, 2.05) is 61.5 Å². The third-order valence-corrected chi connectivity index (χ3v) is 15.6. The Morgan fingerprint density at radius 1 is 0.843 bits per heavy atom. The van der Waals surface area contributed by atoms with Gasteiger partial charge in [0.15, 0.2) is 0 Å². The highest BCUT2D eigenvalue weighted by atomic mass is 33.1. The first-order valence-electron chi connectivity index (χ1n) is 25.6. The van der Waals surface area contributed by atoms with Crippen molar-refractivity contribution in [2.45, 2.75) is 195 Å². The van der Waals surface area contributed by atoms with E-state index in [9.17, 15) is 33.6 Å². The maximum absolute atomic E-state index is 13.9. The molecule has 406 valence electrons. The number of nitrogens with one attached hydrogen (secondary N) is 3. The minimum absolute atomic E-state index is 0.0116. The van der Waals surface area contributed by atoms with E-state index < -0.39 is 60.6 Å². The summed E-state index contributed by atoms with van der Waals surface area (Å²) in [7, 11) is 9.56. The number of aliphatic carboxylic acids is 1. The Labute approximate surface area is 431 Å². The summed E-state index contributed by atoms with van der Waals surface area (Å²) >= 11 is 0. The normalized spacial score (nSPS) is 19.1. The van der Waals surface area contributed by atoms with Gasteiger partial charge in [0.05, 0.1) is 48.4 Å². The minimum Gasteiger partial charge on any atom is -0.480 e. The van der Waals surface area contributed by atoms with Crippen LogP contribution in [0.4, 0.5) is 0 Å². The lowest BCUT2D eigenvalue weighted by Gasteiger charge is -2.39. The van der Waals surface area contributed by atoms with Crippen molar-refractivity contribution in [2.24, 2.45) is 17.8 Å². The molecule has 0 aromatic rings. The van der Waals surface area contributed by atoms with Gasteiger partial charge in [0.25, 0.3) is 0 Å². The van der Waals surface area contributed by atoms with Crippen molar-refractivity contribution in [1.29, 1.82) is 0 Å². The maximum atomic E-state index is 13.9. The first-order valence-corrected chi connectivity index (χ1v) is 27.9. The van der Waals surface area contributed by atoms with E-state index in [2.05, 4.69) is 55.8 Å². The maximum Gasteiger partial charge on any atom is 0.322 e. The van der Waals surface area contributed by atoms with Crippen molar-refractivity contribution in [3.05, 3.63) is 23.8 Å². The molecule has 2 heterocycles. The standard InChI is InChI=1S/C40H70N6O10S2.C7H12.C3H8.C2H6/c1-11-25(4)36(29(55-9)21-32(48)46-19-15-16-28(46)37(56-10)27(6)38(52)43-23-34(50)51)45(8)33(49)22-42-40(54)35(24(2)3)44(7)31(47)17-13-12-14-18-41-39(53)30-20-26(5)57-58-30;1-4-6-7(3)5-2;1-3-2;1-2/h24-30,35-37H,11-23H2,1-10H3,(H,41,53)(H,42,54)(H,43,52)(H,50,51);4-6H,1-3H3;3H2,1-2H3;1-2H3/b;6-4-,7-5-;;. The number of carboxylic acid groups (broad SMARTS) is 1. The number of unbranched alkanes of at least 4 members (excludes halogenated alkanes) is 2. The van der Waals surface area contributed by atoms with Crippen molar-refractivity contribution >= 4 is 63.0 Å². The molecular weight excluding hydrogens is 933 g/mol. The number of allylic oxidation sites excluding steroid dienone is 4. The largest absolute Gasteiger partial charge is 0.480 e. The van der Waals surface area contributed by atoms with Crippen LogP contribution in [0.2, 0.25) is 0 Å². The Bertz CT molecular complexity index is 1620. The molecule has 2 aliphatic heterocycles. The van der Waals surface area contributed by atoms with Crippen LogP contribution in [0.3, 0.4) is 0 Å². The Hall–Kier alpha value is -3.61. The van der Waals surface area contributed by atoms with E-state index in [0.717, 1.165) is 19.3 Å². The minimum atomic E-state index is -1.16. The molecule has 6 amide bonds. The van der Waals surface area contributed by atoms with Gasteiger partial charge in [-0.15, -0.1) is 0 Å². The number of carbonyl (C=O) groups excluding carboxylic acids is 6. The molecule has 9 atom stereocenters. The molecule has 0 bridgehead atoms. The summed E-state index contributed by atoms with van der Waals surface area (Å²) in [6, 6.07) is -1.73. The summed E-state index contributed by atoms with van der Waals surface area (Å²) < 4.78 is 11.6. The van der Waals surface area contributed by atoms with Gasteiger partial charge in [0, 0.05) is 53.1 Å². The third-order valence-electron chi connectivity index (χ3n) is 12.3. The lowest BCUT2D eigenvalue weighted by molar-refractivity contribution is -0.146. The van der Waals surface area contributed by atoms with Gasteiger partial charge in [-0.1, -0.05) is 134 Å². The van der Waals surface area contributed by atoms with Crippen molar-refractivity contribution in [2.75, 3.05) is 54.5 Å². The fourth-order valence-corrected chi connectivity index (χ4v) is 11.2. The van der Waals surface area contributed by atoms with Crippen molar-refractivity contribution in [3.8, 4) is 0 Å². The van der Waals surface area contributed by atoms with Crippen LogP contribution in [0.15, 0.2) is 23.8 Å².